The van der Waals surface area contributed by atoms with Gasteiger partial charge in [0, 0.05) is 9.99 Å². The van der Waals surface area contributed by atoms with Crippen molar-refractivity contribution in [1.82, 2.24) is 4.73 Å². The van der Waals surface area contributed by atoms with E-state index in [2.05, 4.69) is 0 Å². The van der Waals surface area contributed by atoms with Crippen molar-refractivity contribution >= 4 is 22.6 Å². The minimum atomic E-state index is -0.475. The van der Waals surface area contributed by atoms with Gasteiger partial charge in [0.15, 0.2) is 5.69 Å². The van der Waals surface area contributed by atoms with Gasteiger partial charge in [-0.3, -0.25) is 9.69 Å². The maximum absolute atomic E-state index is 13.1. The molecule has 3 aromatic rings. The summed E-state index contributed by atoms with van der Waals surface area (Å²) in [5.41, 5.74) is 0.598. The number of hydrogen-bond acceptors (Lipinski definition) is 5. The van der Waals surface area contributed by atoms with Gasteiger partial charge in [-0.15, -0.1) is 0 Å². The fraction of sp³-hybridized carbons (Fsp3) is 0.211. The average molecular weight is 351 g/mol. The number of hydrogen-bond donors (Lipinski definition) is 0. The molecule has 2 aromatic carbocycles. The largest absolute Gasteiger partial charge is 0.805 e. The maximum Gasteiger partial charge on any atom is 0.349 e. The van der Waals surface area contributed by atoms with E-state index in [9.17, 15) is 14.9 Å². The number of benzene rings is 2. The summed E-state index contributed by atoms with van der Waals surface area (Å²) in [6.45, 7) is 1.75. The van der Waals surface area contributed by atoms with Crippen LogP contribution in [0, 0.1) is 10.1 Å². The standard InChI is InChI=1S/C19H17N3O4/c23-18(14-6-2-1-3-7-14)17-19(20-10-12-26-13-11-20)22(25)16-9-5-4-8-15(16)21(17)24/h1-9H,10-13H2. The molecule has 0 spiro atoms. The van der Waals surface area contributed by atoms with E-state index in [1.54, 1.807) is 59.5 Å². The fourth-order valence-corrected chi connectivity index (χ4v) is 3.20. The third kappa shape index (κ3) is 2.62. The van der Waals surface area contributed by atoms with Gasteiger partial charge < -0.3 is 14.7 Å². The minimum absolute atomic E-state index is 0.0795. The lowest BCUT2D eigenvalue weighted by atomic mass is 10.1. The second-order valence-electron chi connectivity index (χ2n) is 6.04. The lowest BCUT2D eigenvalue weighted by Gasteiger charge is -2.26. The van der Waals surface area contributed by atoms with Gasteiger partial charge in [0.2, 0.25) is 11.3 Å². The number of anilines is 1. The Balaban J connectivity index is 2.01. The van der Waals surface area contributed by atoms with Gasteiger partial charge in [-0.25, -0.2) is 0 Å². The van der Waals surface area contributed by atoms with Crippen LogP contribution in [-0.4, -0.2) is 36.8 Å². The lowest BCUT2D eigenvalue weighted by Crippen LogP contribution is -2.43. The molecule has 0 unspecified atom stereocenters. The van der Waals surface area contributed by atoms with Crippen molar-refractivity contribution < 1.29 is 14.0 Å². The molecule has 26 heavy (non-hydrogen) atoms. The second kappa shape index (κ2) is 6.61. The van der Waals surface area contributed by atoms with Crippen LogP contribution in [0.2, 0.25) is 0 Å². The summed E-state index contributed by atoms with van der Waals surface area (Å²) in [6.07, 6.45) is 0. The number of carbonyl (C=O) groups excluding carboxylic acids is 1. The molecule has 7 nitrogen and oxygen atoms in total. The molecule has 132 valence electrons. The predicted octanol–water partition coefficient (Wildman–Crippen LogP) is 1.97. The summed E-state index contributed by atoms with van der Waals surface area (Å²) in [6, 6.07) is 15.0. The van der Waals surface area contributed by atoms with Crippen LogP contribution >= 0.6 is 0 Å². The molecule has 0 saturated carbocycles. The van der Waals surface area contributed by atoms with Crippen LogP contribution in [0.25, 0.3) is 11.0 Å². The number of aromatic nitrogens is 2. The molecule has 1 fully saturated rings. The van der Waals surface area contributed by atoms with Crippen molar-refractivity contribution in [1.29, 1.82) is 0 Å². The molecule has 4 rings (SSSR count). The van der Waals surface area contributed by atoms with Gasteiger partial charge in [0.25, 0.3) is 0 Å². The number of fused-ring (bicyclic) bond motifs is 1. The van der Waals surface area contributed by atoms with Crippen molar-refractivity contribution in [3.05, 3.63) is 76.0 Å². The Hall–Kier alpha value is -3.19. The molecule has 0 aliphatic carbocycles. The number of ketones is 1. The van der Waals surface area contributed by atoms with Gasteiger partial charge in [-0.2, -0.15) is 0 Å². The molecule has 0 bridgehead atoms. The maximum atomic E-state index is 13.1. The van der Waals surface area contributed by atoms with Crippen LogP contribution in [0.1, 0.15) is 16.1 Å². The number of para-hydroxylation sites is 2. The molecule has 1 saturated heterocycles. The third-order valence-corrected chi connectivity index (χ3v) is 4.49. The van der Waals surface area contributed by atoms with Crippen LogP contribution in [0.4, 0.5) is 5.82 Å². The molecule has 2 heterocycles. The summed E-state index contributed by atoms with van der Waals surface area (Å²) in [5, 5.41) is 13.0. The summed E-state index contributed by atoms with van der Waals surface area (Å²) in [5.74, 6) is -0.395. The zero-order valence-corrected chi connectivity index (χ0v) is 14.0. The molecular formula is C19H17N3O4. The van der Waals surface area contributed by atoms with Crippen molar-refractivity contribution in [3.8, 4) is 0 Å². The summed E-state index contributed by atoms with van der Waals surface area (Å²) in [7, 11) is 0. The molecule has 0 N–H and O–H groups in total. The van der Waals surface area contributed by atoms with E-state index in [0.717, 1.165) is 0 Å². The Morgan fingerprint density at radius 2 is 1.65 bits per heavy atom. The fourth-order valence-electron chi connectivity index (χ4n) is 3.20. The average Bonchev–Trinajstić information content (AvgIpc) is 2.71. The van der Waals surface area contributed by atoms with Crippen LogP contribution < -0.4 is 9.33 Å². The smallest absolute Gasteiger partial charge is 0.349 e. The van der Waals surface area contributed by atoms with E-state index in [-0.39, 0.29) is 22.5 Å². The number of morpholine rings is 1. The monoisotopic (exact) mass is 351 g/mol. The number of carbonyl (C=O) groups is 1. The Morgan fingerprint density at radius 1 is 1.00 bits per heavy atom. The van der Waals surface area contributed by atoms with E-state index in [1.807, 2.05) is 0 Å². The minimum Gasteiger partial charge on any atom is -0.805 e. The summed E-state index contributed by atoms with van der Waals surface area (Å²) >= 11 is 0. The van der Waals surface area contributed by atoms with Crippen LogP contribution in [-0.2, 0) is 4.74 Å². The SMILES string of the molecule is O=C(c1ccccc1)c1c(N2CCOCC2)[n+](=O)c2ccccc2n1[O-]. The highest BCUT2D eigenvalue weighted by Crippen LogP contribution is 2.24. The Labute approximate surface area is 149 Å². The first-order chi connectivity index (χ1) is 12.7. The predicted molar refractivity (Wildman–Crippen MR) is 97.0 cm³/mol. The van der Waals surface area contributed by atoms with Crippen molar-refractivity contribution in [2.75, 3.05) is 31.2 Å². The quantitative estimate of drug-likeness (QED) is 0.532. The van der Waals surface area contributed by atoms with E-state index < -0.39 is 5.78 Å². The van der Waals surface area contributed by atoms with Crippen LogP contribution in [0.15, 0.2) is 54.6 Å². The number of rotatable bonds is 3. The van der Waals surface area contributed by atoms with Gasteiger partial charge in [0.05, 0.1) is 18.7 Å². The highest BCUT2D eigenvalue weighted by atomic mass is 16.5. The second-order valence-corrected chi connectivity index (χ2v) is 6.04. The third-order valence-electron chi connectivity index (χ3n) is 4.49. The number of ether oxygens (including phenoxy) is 1. The van der Waals surface area contributed by atoms with Gasteiger partial charge in [-0.05, 0) is 12.1 Å². The van der Waals surface area contributed by atoms with Gasteiger partial charge in [0.1, 0.15) is 13.1 Å². The van der Waals surface area contributed by atoms with E-state index in [4.69, 9.17) is 4.74 Å². The van der Waals surface area contributed by atoms with Crippen LogP contribution in [0.3, 0.4) is 0 Å². The lowest BCUT2D eigenvalue weighted by molar-refractivity contribution is -0.451. The molecule has 1 aliphatic rings. The van der Waals surface area contributed by atoms with Crippen LogP contribution in [0.5, 0.6) is 0 Å². The van der Waals surface area contributed by atoms with E-state index >= 15 is 0 Å². The van der Waals surface area contributed by atoms with Gasteiger partial charge in [-0.1, -0.05) is 47.4 Å². The Morgan fingerprint density at radius 3 is 2.38 bits per heavy atom. The first-order valence-electron chi connectivity index (χ1n) is 8.39. The highest BCUT2D eigenvalue weighted by molar-refractivity contribution is 6.11. The highest BCUT2D eigenvalue weighted by Gasteiger charge is 2.32. The topological polar surface area (TPSA) is 80.5 Å². The summed E-state index contributed by atoms with van der Waals surface area (Å²) in [4.78, 5) is 27.9. The van der Waals surface area contributed by atoms with Crippen molar-refractivity contribution in [2.45, 2.75) is 0 Å². The first kappa shape index (κ1) is 16.3. The molecule has 1 aliphatic heterocycles. The molecule has 0 atom stereocenters. The zero-order chi connectivity index (χ0) is 18.1. The van der Waals surface area contributed by atoms with Gasteiger partial charge >= 0.3 is 5.82 Å². The van der Waals surface area contributed by atoms with Crippen molar-refractivity contribution in [2.24, 2.45) is 0 Å². The number of nitrogens with zero attached hydrogens (tertiary/aromatic N) is 3. The first-order valence-corrected chi connectivity index (χ1v) is 8.39. The molecule has 0 radical (unpaired) electrons. The molecule has 1 aromatic heterocycles. The van der Waals surface area contributed by atoms with E-state index in [0.29, 0.717) is 41.0 Å². The summed E-state index contributed by atoms with van der Waals surface area (Å²) < 4.78 is 6.60. The normalized spacial score (nSPS) is 14.5. The van der Waals surface area contributed by atoms with Crippen molar-refractivity contribution in [3.63, 3.8) is 0 Å². The molecule has 0 amide bonds. The Bertz CT molecular complexity index is 1020. The zero-order valence-electron chi connectivity index (χ0n) is 14.0. The Kier molecular flexibility index (Phi) is 4.14. The molecular weight excluding hydrogens is 334 g/mol. The van der Waals surface area contributed by atoms with E-state index in [1.165, 1.54) is 0 Å². The molecule has 7 heteroatoms.